The first-order chi connectivity index (χ1) is 14.9. The van der Waals surface area contributed by atoms with E-state index in [2.05, 4.69) is 15.3 Å². The van der Waals surface area contributed by atoms with Crippen LogP contribution in [0.3, 0.4) is 0 Å². The van der Waals surface area contributed by atoms with Crippen LogP contribution in [0, 0.1) is 12.7 Å². The molecule has 1 N–H and O–H groups in total. The molecule has 0 saturated heterocycles. The van der Waals surface area contributed by atoms with Gasteiger partial charge in [-0.3, -0.25) is 4.79 Å². The van der Waals surface area contributed by atoms with E-state index in [4.69, 9.17) is 20.8 Å². The van der Waals surface area contributed by atoms with Gasteiger partial charge in [-0.2, -0.15) is 4.98 Å². The van der Waals surface area contributed by atoms with E-state index in [-0.39, 0.29) is 17.3 Å². The summed E-state index contributed by atoms with van der Waals surface area (Å²) >= 11 is 5.92. The number of nitrogens with zero attached hydrogens (tertiary/aromatic N) is 3. The van der Waals surface area contributed by atoms with Gasteiger partial charge in [0, 0.05) is 11.3 Å². The van der Waals surface area contributed by atoms with E-state index >= 15 is 0 Å². The Hall–Kier alpha value is -3.65. The molecule has 7 nitrogen and oxygen atoms in total. The number of ether oxygens (including phenoxy) is 1. The van der Waals surface area contributed by atoms with Gasteiger partial charge in [0.15, 0.2) is 0 Å². The largest absolute Gasteiger partial charge is 0.490 e. The summed E-state index contributed by atoms with van der Waals surface area (Å²) in [6, 6.07) is 10.1. The van der Waals surface area contributed by atoms with Crippen LogP contribution < -0.4 is 15.6 Å². The molecular weight excluding hydrogens is 423 g/mol. The molecule has 0 bridgehead atoms. The van der Waals surface area contributed by atoms with Crippen molar-refractivity contribution in [3.63, 3.8) is 0 Å². The summed E-state index contributed by atoms with van der Waals surface area (Å²) in [5.41, 5.74) is 2.63. The Morgan fingerprint density at radius 2 is 2.10 bits per heavy atom. The van der Waals surface area contributed by atoms with Gasteiger partial charge in [0.2, 0.25) is 17.6 Å². The summed E-state index contributed by atoms with van der Waals surface area (Å²) in [4.78, 5) is 20.6. The first kappa shape index (κ1) is 20.6. The van der Waals surface area contributed by atoms with Crippen LogP contribution in [0.5, 0.6) is 5.75 Å². The van der Waals surface area contributed by atoms with Crippen LogP contribution in [-0.2, 0) is 6.54 Å². The normalized spacial score (nSPS) is 10.8. The second kappa shape index (κ2) is 8.61. The highest BCUT2D eigenvalue weighted by atomic mass is 35.5. The fourth-order valence-electron chi connectivity index (χ4n) is 3.04. The first-order valence-corrected chi connectivity index (χ1v) is 9.69. The highest BCUT2D eigenvalue weighted by Gasteiger charge is 2.13. The zero-order valence-corrected chi connectivity index (χ0v) is 17.5. The number of oxazole rings is 1. The van der Waals surface area contributed by atoms with Crippen molar-refractivity contribution in [1.82, 2.24) is 14.5 Å². The van der Waals surface area contributed by atoms with Crippen LogP contribution in [0.25, 0.3) is 11.5 Å². The van der Waals surface area contributed by atoms with Gasteiger partial charge < -0.3 is 19.0 Å². The predicted molar refractivity (Wildman–Crippen MR) is 116 cm³/mol. The summed E-state index contributed by atoms with van der Waals surface area (Å²) < 4.78 is 25.7. The number of nitrogens with one attached hydrogen (secondary N) is 1. The predicted octanol–water partition coefficient (Wildman–Crippen LogP) is 4.80. The van der Waals surface area contributed by atoms with E-state index < -0.39 is 11.4 Å². The van der Waals surface area contributed by atoms with E-state index in [0.29, 0.717) is 11.8 Å². The van der Waals surface area contributed by atoms with E-state index in [1.807, 2.05) is 25.1 Å². The lowest BCUT2D eigenvalue weighted by Crippen LogP contribution is -2.19. The van der Waals surface area contributed by atoms with Crippen molar-refractivity contribution in [3.8, 4) is 17.2 Å². The van der Waals surface area contributed by atoms with E-state index in [9.17, 15) is 9.18 Å². The molecule has 0 spiro atoms. The number of methoxy groups -OCH3 is 1. The number of halogens is 2. The lowest BCUT2D eigenvalue weighted by molar-refractivity contribution is 0.402. The standard InChI is InChI=1S/C22H18ClFN4O3/c1-13-3-5-15(21-25-7-8-31-21)10-18(13)26-22-27-20(29)19(30-2)12-28(22)11-14-4-6-17(24)16(23)9-14/h3-10,12H,11H2,1-2H3,(H,26,27,29). The maximum Gasteiger partial charge on any atom is 0.316 e. The number of hydrogen-bond acceptors (Lipinski definition) is 6. The van der Waals surface area contributed by atoms with Crippen LogP contribution in [0.15, 0.2) is 64.3 Å². The number of aryl methyl sites for hydroxylation is 1. The molecule has 0 aliphatic carbocycles. The molecule has 0 amide bonds. The summed E-state index contributed by atoms with van der Waals surface area (Å²) in [5, 5.41) is 3.22. The molecule has 31 heavy (non-hydrogen) atoms. The van der Waals surface area contributed by atoms with Crippen molar-refractivity contribution in [3.05, 3.63) is 87.4 Å². The van der Waals surface area contributed by atoms with Crippen LogP contribution in [0.1, 0.15) is 11.1 Å². The number of hydrogen-bond donors (Lipinski definition) is 1. The second-order valence-corrected chi connectivity index (χ2v) is 7.21. The minimum atomic E-state index is -0.514. The zero-order chi connectivity index (χ0) is 22.0. The van der Waals surface area contributed by atoms with Crippen molar-refractivity contribution in [1.29, 1.82) is 0 Å². The van der Waals surface area contributed by atoms with Gasteiger partial charge in [0.05, 0.1) is 31.1 Å². The molecule has 0 radical (unpaired) electrons. The Bertz CT molecular complexity index is 1290. The molecule has 158 valence electrons. The van der Waals surface area contributed by atoms with Crippen LogP contribution in [0.4, 0.5) is 16.0 Å². The van der Waals surface area contributed by atoms with Crippen molar-refractivity contribution >= 4 is 23.2 Å². The van der Waals surface area contributed by atoms with Gasteiger partial charge in [-0.05, 0) is 42.3 Å². The van der Waals surface area contributed by atoms with E-state index in [0.717, 1.165) is 22.4 Å². The average molecular weight is 441 g/mol. The number of benzene rings is 2. The van der Waals surface area contributed by atoms with Crippen LogP contribution in [0.2, 0.25) is 5.02 Å². The smallest absolute Gasteiger partial charge is 0.316 e. The number of rotatable bonds is 6. The topological polar surface area (TPSA) is 82.2 Å². The maximum atomic E-state index is 13.5. The summed E-state index contributed by atoms with van der Waals surface area (Å²) in [7, 11) is 1.40. The minimum Gasteiger partial charge on any atom is -0.490 e. The monoisotopic (exact) mass is 440 g/mol. The second-order valence-electron chi connectivity index (χ2n) is 6.81. The SMILES string of the molecule is COc1cn(Cc2ccc(F)c(Cl)c2)c(Nc2cc(-c3ncco3)ccc2C)nc1=O. The molecule has 0 fully saturated rings. The lowest BCUT2D eigenvalue weighted by atomic mass is 10.1. The molecule has 0 saturated carbocycles. The summed E-state index contributed by atoms with van der Waals surface area (Å²) in [5.74, 6) is 0.352. The van der Waals surface area contributed by atoms with Gasteiger partial charge in [-0.15, -0.1) is 0 Å². The summed E-state index contributed by atoms with van der Waals surface area (Å²) in [6.07, 6.45) is 4.61. The number of aromatic nitrogens is 3. The minimum absolute atomic E-state index is 0.0162. The van der Waals surface area contributed by atoms with Gasteiger partial charge in [-0.25, -0.2) is 9.37 Å². The van der Waals surface area contributed by atoms with Gasteiger partial charge in [0.25, 0.3) is 0 Å². The van der Waals surface area contributed by atoms with Crippen LogP contribution >= 0.6 is 11.6 Å². The fraction of sp³-hybridized carbons (Fsp3) is 0.136. The molecule has 0 aliphatic rings. The quantitative estimate of drug-likeness (QED) is 0.463. The van der Waals surface area contributed by atoms with Crippen molar-refractivity contribution in [2.75, 3.05) is 12.4 Å². The molecule has 2 aromatic carbocycles. The maximum absolute atomic E-state index is 13.5. The lowest BCUT2D eigenvalue weighted by Gasteiger charge is -2.17. The Balaban J connectivity index is 1.74. The highest BCUT2D eigenvalue weighted by Crippen LogP contribution is 2.27. The molecule has 4 aromatic rings. The molecule has 4 rings (SSSR count). The average Bonchev–Trinajstić information content (AvgIpc) is 3.29. The number of anilines is 2. The molecule has 0 aliphatic heterocycles. The van der Waals surface area contributed by atoms with Crippen molar-refractivity contribution in [2.24, 2.45) is 0 Å². The Labute approximate surface area is 182 Å². The molecule has 0 unspecified atom stereocenters. The van der Waals surface area contributed by atoms with Crippen LogP contribution in [-0.4, -0.2) is 21.6 Å². The van der Waals surface area contributed by atoms with Gasteiger partial charge >= 0.3 is 5.56 Å². The third kappa shape index (κ3) is 4.44. The molecule has 2 aromatic heterocycles. The Morgan fingerprint density at radius 1 is 1.26 bits per heavy atom. The van der Waals surface area contributed by atoms with Crippen molar-refractivity contribution < 1.29 is 13.5 Å². The first-order valence-electron chi connectivity index (χ1n) is 9.31. The third-order valence-electron chi connectivity index (χ3n) is 4.68. The highest BCUT2D eigenvalue weighted by molar-refractivity contribution is 6.30. The van der Waals surface area contributed by atoms with Crippen molar-refractivity contribution in [2.45, 2.75) is 13.5 Å². The molecule has 2 heterocycles. The van der Waals surface area contributed by atoms with Gasteiger partial charge in [-0.1, -0.05) is 23.7 Å². The Kier molecular flexibility index (Phi) is 5.73. The fourth-order valence-corrected chi connectivity index (χ4v) is 3.25. The molecular formula is C22H18ClFN4O3. The molecule has 0 atom stereocenters. The Morgan fingerprint density at radius 3 is 2.81 bits per heavy atom. The van der Waals surface area contributed by atoms with Gasteiger partial charge in [0.1, 0.15) is 12.1 Å². The van der Waals surface area contributed by atoms with E-state index in [1.54, 1.807) is 23.0 Å². The summed E-state index contributed by atoms with van der Waals surface area (Å²) in [6.45, 7) is 2.21. The van der Waals surface area contributed by atoms with E-state index in [1.165, 1.54) is 25.5 Å². The zero-order valence-electron chi connectivity index (χ0n) is 16.7. The molecule has 9 heteroatoms. The third-order valence-corrected chi connectivity index (χ3v) is 4.97.